The number of quaternary nitrogens is 1. The van der Waals surface area contributed by atoms with E-state index < -0.39 is 31.5 Å². The zero-order valence-corrected chi connectivity index (χ0v) is 21.5. The Kier molecular flexibility index (Phi) is 13.0. The highest BCUT2D eigenvalue weighted by molar-refractivity contribution is 8.69. The number of Topliss-reactive ketones (excluding diaryl/α,β-unsaturated/α-hetero) is 1. The van der Waals surface area contributed by atoms with Gasteiger partial charge in [0, 0.05) is 18.6 Å². The molecule has 0 aromatic rings. The third-order valence-electron chi connectivity index (χ3n) is 4.33. The van der Waals surface area contributed by atoms with Crippen LogP contribution in [0, 0.1) is 11.3 Å². The van der Waals surface area contributed by atoms with Gasteiger partial charge in [0.1, 0.15) is 0 Å². The van der Waals surface area contributed by atoms with Gasteiger partial charge in [-0.1, -0.05) is 33.6 Å². The molecule has 0 aliphatic carbocycles. The van der Waals surface area contributed by atoms with E-state index in [9.17, 15) is 18.0 Å². The van der Waals surface area contributed by atoms with Gasteiger partial charge >= 0.3 is 5.91 Å². The summed E-state index contributed by atoms with van der Waals surface area (Å²) in [5, 5.41) is 8.62. The molecule has 2 atom stereocenters. The lowest BCUT2D eigenvalue weighted by Gasteiger charge is -2.40. The minimum absolute atomic E-state index is 0.0115. The van der Waals surface area contributed by atoms with E-state index in [4.69, 9.17) is 17.1 Å². The Morgan fingerprint density at radius 3 is 2.28 bits per heavy atom. The van der Waals surface area contributed by atoms with Crippen LogP contribution in [0.4, 0.5) is 0 Å². The fraction of sp³-hybridized carbons (Fsp3) is 0.833. The van der Waals surface area contributed by atoms with Crippen LogP contribution in [-0.2, 0) is 31.4 Å². The minimum atomic E-state index is -3.67. The van der Waals surface area contributed by atoms with Gasteiger partial charge in [0.2, 0.25) is 10.0 Å². The van der Waals surface area contributed by atoms with E-state index in [0.717, 1.165) is 25.7 Å². The van der Waals surface area contributed by atoms with Gasteiger partial charge in [-0.2, -0.15) is 5.26 Å². The molecular formula is C18H35N3O4PS3+. The number of hydrogen-bond donors (Lipinski definition) is 1. The van der Waals surface area contributed by atoms with Crippen molar-refractivity contribution < 1.29 is 22.3 Å². The SMILES string of the molecule is CCCCS(=O)(=O)NP(=S)(SC(C)C)[N+](C)(CCCCCCC#N)C(=O)C(C)=O. The molecule has 0 bridgehead atoms. The molecule has 29 heavy (non-hydrogen) atoms. The summed E-state index contributed by atoms with van der Waals surface area (Å²) in [7, 11) is -2.08. The number of sulfonamides is 1. The Balaban J connectivity index is 5.85. The van der Waals surface area contributed by atoms with Crippen LogP contribution in [0.3, 0.4) is 0 Å². The van der Waals surface area contributed by atoms with Crippen molar-refractivity contribution in [1.82, 2.24) is 4.49 Å². The number of hydrogen-bond acceptors (Lipinski definition) is 7. The van der Waals surface area contributed by atoms with Gasteiger partial charge in [-0.15, -0.1) is 4.49 Å². The highest BCUT2D eigenvalue weighted by atomic mass is 32.9. The van der Waals surface area contributed by atoms with Crippen molar-refractivity contribution in [1.29, 1.82) is 5.26 Å². The molecule has 0 aliphatic rings. The highest BCUT2D eigenvalue weighted by Crippen LogP contribution is 2.65. The van der Waals surface area contributed by atoms with Crippen molar-refractivity contribution in [2.75, 3.05) is 19.3 Å². The molecule has 1 N–H and O–H groups in total. The molecule has 0 spiro atoms. The van der Waals surface area contributed by atoms with Gasteiger partial charge in [-0.05, 0) is 48.9 Å². The van der Waals surface area contributed by atoms with E-state index in [1.54, 1.807) is 7.05 Å². The third-order valence-corrected chi connectivity index (χ3v) is 15.8. The Hall–Kier alpha value is -0.300. The summed E-state index contributed by atoms with van der Waals surface area (Å²) >= 11 is 7.15. The van der Waals surface area contributed by atoms with E-state index in [1.807, 2.05) is 20.8 Å². The van der Waals surface area contributed by atoms with Crippen LogP contribution in [0.15, 0.2) is 0 Å². The number of likely N-dealkylation sites (N-methyl/N-ethyl adjacent to an activating group) is 1. The van der Waals surface area contributed by atoms with Crippen molar-refractivity contribution >= 4 is 50.4 Å². The summed E-state index contributed by atoms with van der Waals surface area (Å²) in [4.78, 5) is 25.0. The monoisotopic (exact) mass is 484 g/mol. The fourth-order valence-corrected chi connectivity index (χ4v) is 14.9. The largest absolute Gasteiger partial charge is 0.384 e. The number of nitrogens with zero attached hydrogens (tertiary/aromatic N) is 2. The van der Waals surface area contributed by atoms with Crippen LogP contribution in [0.5, 0.6) is 0 Å². The zero-order valence-electron chi connectivity index (χ0n) is 18.1. The first-order chi connectivity index (χ1) is 13.3. The Bertz CT molecular complexity index is 750. The molecule has 0 aromatic carbocycles. The molecule has 2 unspecified atom stereocenters. The van der Waals surface area contributed by atoms with Gasteiger partial charge < -0.3 is 0 Å². The van der Waals surface area contributed by atoms with Gasteiger partial charge in [0.25, 0.3) is 11.3 Å². The van der Waals surface area contributed by atoms with Crippen LogP contribution < -0.4 is 4.49 Å². The first-order valence-electron chi connectivity index (χ1n) is 9.93. The van der Waals surface area contributed by atoms with Crippen LogP contribution in [0.1, 0.15) is 72.6 Å². The molecule has 0 radical (unpaired) electrons. The number of rotatable bonds is 15. The average Bonchev–Trinajstić information content (AvgIpc) is 2.60. The lowest BCUT2D eigenvalue weighted by Crippen LogP contribution is -2.52. The number of carbonyl (C=O) groups is 2. The summed E-state index contributed by atoms with van der Waals surface area (Å²) in [6, 6.07) is 2.10. The van der Waals surface area contributed by atoms with Gasteiger partial charge in [0.15, 0.2) is 0 Å². The summed E-state index contributed by atoms with van der Waals surface area (Å²) in [5.41, 5.74) is -3.10. The quantitative estimate of drug-likeness (QED) is 0.212. The molecule has 11 heteroatoms. The lowest BCUT2D eigenvalue weighted by molar-refractivity contribution is -0.701. The molecule has 0 heterocycles. The molecule has 168 valence electrons. The maximum atomic E-state index is 13.0. The first-order valence-corrected chi connectivity index (χ1v) is 15.8. The summed E-state index contributed by atoms with van der Waals surface area (Å²) in [6.07, 6.45) is 4.72. The second kappa shape index (κ2) is 13.2. The summed E-state index contributed by atoms with van der Waals surface area (Å²) in [6.45, 7) is 7.20. The number of nitrogens with one attached hydrogen (secondary N) is 1. The molecule has 0 fully saturated rings. The number of amides is 1. The average molecular weight is 485 g/mol. The topological polar surface area (TPSA) is 104 Å². The highest BCUT2D eigenvalue weighted by Gasteiger charge is 2.50. The van der Waals surface area contributed by atoms with Crippen LogP contribution >= 0.6 is 16.9 Å². The fourth-order valence-electron chi connectivity index (χ4n) is 2.73. The smallest absolute Gasteiger partial charge is 0.284 e. The first kappa shape index (κ1) is 28.7. The van der Waals surface area contributed by atoms with Crippen LogP contribution in [-0.4, -0.2) is 49.0 Å². The summed E-state index contributed by atoms with van der Waals surface area (Å²) < 4.78 is 27.6. The third kappa shape index (κ3) is 9.58. The van der Waals surface area contributed by atoms with Crippen molar-refractivity contribution in [2.24, 2.45) is 0 Å². The molecule has 0 rings (SSSR count). The Morgan fingerprint density at radius 1 is 1.21 bits per heavy atom. The number of ketones is 1. The van der Waals surface area contributed by atoms with Crippen molar-refractivity contribution in [2.45, 2.75) is 77.9 Å². The molecule has 0 saturated carbocycles. The van der Waals surface area contributed by atoms with Crippen molar-refractivity contribution in [3.05, 3.63) is 0 Å². The molecule has 0 saturated heterocycles. The van der Waals surface area contributed by atoms with E-state index in [1.165, 1.54) is 18.3 Å². The lowest BCUT2D eigenvalue weighted by atomic mass is 10.1. The van der Waals surface area contributed by atoms with E-state index in [2.05, 4.69) is 10.6 Å². The maximum Gasteiger partial charge on any atom is 0.384 e. The maximum absolute atomic E-state index is 13.0. The predicted octanol–water partition coefficient (Wildman–Crippen LogP) is 4.11. The molecule has 1 amide bonds. The molecule has 0 aromatic heterocycles. The molecule has 7 nitrogen and oxygen atoms in total. The molecule has 0 aliphatic heterocycles. The minimum Gasteiger partial charge on any atom is -0.284 e. The van der Waals surface area contributed by atoms with E-state index >= 15 is 0 Å². The second-order valence-electron chi connectivity index (χ2n) is 7.48. The normalized spacial score (nSPS) is 16.0. The Labute approximate surface area is 185 Å². The summed E-state index contributed by atoms with van der Waals surface area (Å²) in [5.74, 6) is -1.33. The van der Waals surface area contributed by atoms with Gasteiger partial charge in [0.05, 0.1) is 25.4 Å². The second-order valence-corrected chi connectivity index (χ2v) is 17.4. The van der Waals surface area contributed by atoms with Gasteiger partial charge in [-0.3, -0.25) is 4.79 Å². The van der Waals surface area contributed by atoms with E-state index in [-0.39, 0.29) is 17.5 Å². The molecular weight excluding hydrogens is 449 g/mol. The standard InChI is InChI=1S/C18H35N3O4PS3/c1-6-7-15-29(24,25)20-26(27,28-16(2)3)21(5,18(23)17(4)22)14-12-10-8-9-11-13-19/h16H,6-12,14-15H2,1-5H3,(H,20,27)/q+1. The van der Waals surface area contributed by atoms with E-state index in [0.29, 0.717) is 19.3 Å². The number of carbonyl (C=O) groups excluding carboxylic acids is 2. The van der Waals surface area contributed by atoms with Crippen LogP contribution in [0.2, 0.25) is 0 Å². The predicted molar refractivity (Wildman–Crippen MR) is 124 cm³/mol. The van der Waals surface area contributed by atoms with Gasteiger partial charge in [-0.25, -0.2) is 17.5 Å². The van der Waals surface area contributed by atoms with Crippen LogP contribution in [0.25, 0.3) is 0 Å². The number of nitriles is 1. The number of unbranched alkanes of at least 4 members (excludes halogenated alkanes) is 5. The zero-order chi connectivity index (χ0) is 22.7. The van der Waals surface area contributed by atoms with Crippen molar-refractivity contribution in [3.63, 3.8) is 0 Å². The van der Waals surface area contributed by atoms with Crippen molar-refractivity contribution in [3.8, 4) is 6.07 Å². The Morgan fingerprint density at radius 2 is 1.79 bits per heavy atom.